The van der Waals surface area contributed by atoms with E-state index in [1.165, 1.54) is 15.6 Å². The van der Waals surface area contributed by atoms with Gasteiger partial charge in [0.1, 0.15) is 4.21 Å². The lowest BCUT2D eigenvalue weighted by Crippen LogP contribution is -2.46. The number of nitrogens with one attached hydrogen (secondary N) is 1. The molecule has 23 heavy (non-hydrogen) atoms. The topological polar surface area (TPSA) is 79.6 Å². The quantitative estimate of drug-likeness (QED) is 0.827. The third kappa shape index (κ3) is 3.68. The van der Waals surface area contributed by atoms with Crippen LogP contribution in [0.25, 0.3) is 0 Å². The zero-order valence-electron chi connectivity index (χ0n) is 12.1. The summed E-state index contributed by atoms with van der Waals surface area (Å²) in [5.74, 6) is -0.0409. The van der Waals surface area contributed by atoms with Gasteiger partial charge in [-0.3, -0.25) is 4.79 Å². The van der Waals surface area contributed by atoms with E-state index in [1.54, 1.807) is 29.6 Å². The van der Waals surface area contributed by atoms with Gasteiger partial charge in [0, 0.05) is 19.1 Å². The van der Waals surface area contributed by atoms with Crippen LogP contribution in [0.15, 0.2) is 42.9 Å². The molecule has 1 aliphatic rings. The van der Waals surface area contributed by atoms with Gasteiger partial charge in [-0.15, -0.1) is 11.3 Å². The molecule has 6 nitrogen and oxygen atoms in total. The van der Waals surface area contributed by atoms with Crippen molar-refractivity contribution in [3.8, 4) is 0 Å². The van der Waals surface area contributed by atoms with Crippen molar-refractivity contribution in [3.05, 3.63) is 40.1 Å². The van der Waals surface area contributed by atoms with Crippen LogP contribution >= 0.6 is 27.3 Å². The Balaban J connectivity index is 1.57. The summed E-state index contributed by atoms with van der Waals surface area (Å²) >= 11 is 4.37. The summed E-state index contributed by atoms with van der Waals surface area (Å²) in [6.45, 7) is 0.792. The number of sulfonamides is 1. The Morgan fingerprint density at radius 2 is 2.04 bits per heavy atom. The van der Waals surface area contributed by atoms with Gasteiger partial charge in [-0.05, 0) is 52.4 Å². The Hall–Kier alpha value is -1.16. The van der Waals surface area contributed by atoms with Crippen LogP contribution in [0.2, 0.25) is 0 Å². The predicted molar refractivity (Wildman–Crippen MR) is 90.0 cm³/mol. The van der Waals surface area contributed by atoms with Gasteiger partial charge in [0.15, 0.2) is 10.4 Å². The second kappa shape index (κ2) is 6.76. The highest BCUT2D eigenvalue weighted by atomic mass is 79.9. The highest BCUT2D eigenvalue weighted by molar-refractivity contribution is 9.10. The SMILES string of the molecule is O=C(NC1CCN(S(=O)(=O)c2cccs2)CC1)c1ccc(Br)o1. The number of amides is 1. The maximum Gasteiger partial charge on any atom is 0.287 e. The van der Waals surface area contributed by atoms with E-state index in [4.69, 9.17) is 4.42 Å². The fourth-order valence-electron chi connectivity index (χ4n) is 2.47. The normalized spacial score (nSPS) is 17.3. The molecule has 0 saturated carbocycles. The number of hydrogen-bond donors (Lipinski definition) is 1. The van der Waals surface area contributed by atoms with E-state index in [1.807, 2.05) is 0 Å². The lowest BCUT2D eigenvalue weighted by Gasteiger charge is -2.31. The highest BCUT2D eigenvalue weighted by Crippen LogP contribution is 2.24. The zero-order valence-corrected chi connectivity index (χ0v) is 15.3. The van der Waals surface area contributed by atoms with Gasteiger partial charge >= 0.3 is 0 Å². The summed E-state index contributed by atoms with van der Waals surface area (Å²) in [5.41, 5.74) is 0. The molecule has 9 heteroatoms. The predicted octanol–water partition coefficient (Wildman–Crippen LogP) is 2.69. The molecule has 3 heterocycles. The van der Waals surface area contributed by atoms with Crippen molar-refractivity contribution in [1.29, 1.82) is 0 Å². The first-order valence-electron chi connectivity index (χ1n) is 7.06. The van der Waals surface area contributed by atoms with Crippen molar-refractivity contribution >= 4 is 43.2 Å². The van der Waals surface area contributed by atoms with Crippen LogP contribution in [-0.4, -0.2) is 37.8 Å². The van der Waals surface area contributed by atoms with Crippen molar-refractivity contribution in [2.45, 2.75) is 23.1 Å². The monoisotopic (exact) mass is 418 g/mol. The van der Waals surface area contributed by atoms with E-state index in [0.29, 0.717) is 34.8 Å². The van der Waals surface area contributed by atoms with Gasteiger partial charge < -0.3 is 9.73 Å². The van der Waals surface area contributed by atoms with Crippen molar-refractivity contribution < 1.29 is 17.6 Å². The average molecular weight is 419 g/mol. The van der Waals surface area contributed by atoms with E-state index in [9.17, 15) is 13.2 Å². The molecule has 0 aliphatic carbocycles. The van der Waals surface area contributed by atoms with Crippen LogP contribution in [0, 0.1) is 0 Å². The zero-order chi connectivity index (χ0) is 16.4. The Bertz CT molecular complexity index is 778. The van der Waals surface area contributed by atoms with Crippen LogP contribution < -0.4 is 5.32 Å². The summed E-state index contributed by atoms with van der Waals surface area (Å²) in [5, 5.41) is 4.63. The third-order valence-electron chi connectivity index (χ3n) is 3.68. The van der Waals surface area contributed by atoms with E-state index < -0.39 is 10.0 Å². The number of halogens is 1. The first kappa shape index (κ1) is 16.7. The number of thiophene rings is 1. The number of piperidine rings is 1. The summed E-state index contributed by atoms with van der Waals surface area (Å²) in [6.07, 6.45) is 1.16. The smallest absolute Gasteiger partial charge is 0.287 e. The molecule has 0 radical (unpaired) electrons. The van der Waals surface area contributed by atoms with E-state index in [0.717, 1.165) is 0 Å². The molecule has 1 saturated heterocycles. The molecule has 1 aliphatic heterocycles. The maximum absolute atomic E-state index is 12.4. The molecule has 3 rings (SSSR count). The summed E-state index contributed by atoms with van der Waals surface area (Å²) in [4.78, 5) is 12.0. The van der Waals surface area contributed by atoms with Crippen LogP contribution in [0.1, 0.15) is 23.4 Å². The fourth-order valence-corrected chi connectivity index (χ4v) is 5.39. The van der Waals surface area contributed by atoms with Crippen molar-refractivity contribution in [2.75, 3.05) is 13.1 Å². The number of carbonyl (C=O) groups excluding carboxylic acids is 1. The number of carbonyl (C=O) groups is 1. The van der Waals surface area contributed by atoms with Crippen LogP contribution in [-0.2, 0) is 10.0 Å². The van der Waals surface area contributed by atoms with Gasteiger partial charge in [0.2, 0.25) is 0 Å². The number of furan rings is 1. The minimum Gasteiger partial charge on any atom is -0.444 e. The van der Waals surface area contributed by atoms with Crippen molar-refractivity contribution in [1.82, 2.24) is 9.62 Å². The molecule has 2 aromatic rings. The minimum absolute atomic E-state index is 0.0545. The van der Waals surface area contributed by atoms with Crippen molar-refractivity contribution in [2.24, 2.45) is 0 Å². The first-order valence-corrected chi connectivity index (χ1v) is 10.2. The Kier molecular flexibility index (Phi) is 4.90. The number of hydrogen-bond acceptors (Lipinski definition) is 5. The molecular weight excluding hydrogens is 404 g/mol. The number of rotatable bonds is 4. The third-order valence-corrected chi connectivity index (χ3v) is 7.37. The van der Waals surface area contributed by atoms with Gasteiger partial charge in [-0.25, -0.2) is 8.42 Å². The molecule has 1 N–H and O–H groups in total. The van der Waals surface area contributed by atoms with Gasteiger partial charge in [-0.2, -0.15) is 4.31 Å². The van der Waals surface area contributed by atoms with Crippen molar-refractivity contribution in [3.63, 3.8) is 0 Å². The minimum atomic E-state index is -3.40. The second-order valence-electron chi connectivity index (χ2n) is 5.19. The van der Waals surface area contributed by atoms with Gasteiger partial charge in [-0.1, -0.05) is 6.07 Å². The highest BCUT2D eigenvalue weighted by Gasteiger charge is 2.30. The van der Waals surface area contributed by atoms with Crippen LogP contribution in [0.3, 0.4) is 0 Å². The Labute approximate surface area is 146 Å². The Morgan fingerprint density at radius 1 is 1.30 bits per heavy atom. The summed E-state index contributed by atoms with van der Waals surface area (Å²) in [6, 6.07) is 6.54. The average Bonchev–Trinajstić information content (AvgIpc) is 3.19. The summed E-state index contributed by atoms with van der Waals surface area (Å²) < 4.78 is 32.4. The molecule has 1 amide bonds. The molecule has 0 atom stereocenters. The Morgan fingerprint density at radius 3 is 2.61 bits per heavy atom. The lowest BCUT2D eigenvalue weighted by atomic mass is 10.1. The van der Waals surface area contributed by atoms with E-state index in [2.05, 4.69) is 21.2 Å². The van der Waals surface area contributed by atoms with E-state index >= 15 is 0 Å². The molecule has 0 bridgehead atoms. The van der Waals surface area contributed by atoms with Gasteiger partial charge in [0.25, 0.3) is 15.9 Å². The molecule has 124 valence electrons. The fraction of sp³-hybridized carbons (Fsp3) is 0.357. The molecule has 0 aromatic carbocycles. The summed E-state index contributed by atoms with van der Waals surface area (Å²) in [7, 11) is -3.40. The molecule has 0 spiro atoms. The largest absolute Gasteiger partial charge is 0.444 e. The number of nitrogens with zero attached hydrogens (tertiary/aromatic N) is 1. The van der Waals surface area contributed by atoms with Crippen LogP contribution in [0.5, 0.6) is 0 Å². The first-order chi connectivity index (χ1) is 11.0. The molecule has 1 fully saturated rings. The van der Waals surface area contributed by atoms with Crippen LogP contribution in [0.4, 0.5) is 0 Å². The van der Waals surface area contributed by atoms with E-state index in [-0.39, 0.29) is 17.7 Å². The molecule has 0 unspecified atom stereocenters. The lowest BCUT2D eigenvalue weighted by molar-refractivity contribution is 0.0894. The standard InChI is InChI=1S/C14H15BrN2O4S2/c15-12-4-3-11(21-12)14(18)16-10-5-7-17(8-6-10)23(19,20)13-2-1-9-22-13/h1-4,9-10H,5-8H2,(H,16,18). The maximum atomic E-state index is 12.4. The molecule has 2 aromatic heterocycles. The molecular formula is C14H15BrN2O4S2. The van der Waals surface area contributed by atoms with Gasteiger partial charge in [0.05, 0.1) is 0 Å². The second-order valence-corrected chi connectivity index (χ2v) is 9.08.